The predicted octanol–water partition coefficient (Wildman–Crippen LogP) is 3.98. The molecule has 2 N–H and O–H groups in total. The Morgan fingerprint density at radius 1 is 1.31 bits per heavy atom. The summed E-state index contributed by atoms with van der Waals surface area (Å²) in [6.45, 7) is 0. The van der Waals surface area contributed by atoms with Crippen molar-refractivity contribution in [3.05, 3.63) is 33.8 Å². The second-order valence-electron chi connectivity index (χ2n) is 2.45. The number of rotatable bonds is 2. The number of hydrogen-bond donors (Lipinski definition) is 1. The van der Waals surface area contributed by atoms with E-state index in [1.54, 1.807) is 12.1 Å². The number of nitrogen functional groups attached to an aromatic ring is 1. The van der Waals surface area contributed by atoms with Gasteiger partial charge in [0.2, 0.25) is 0 Å². The normalized spacial score (nSPS) is 11.0. The van der Waals surface area contributed by atoms with Gasteiger partial charge in [-0.1, -0.05) is 51.3 Å². The monoisotopic (exact) mass is 279 g/mol. The first-order chi connectivity index (χ1) is 6.15. The maximum absolute atomic E-state index is 5.84. The minimum Gasteiger partial charge on any atom is -0.396 e. The summed E-state index contributed by atoms with van der Waals surface area (Å²) >= 11 is 15.0. The summed E-state index contributed by atoms with van der Waals surface area (Å²) in [5.74, 6) is 0. The van der Waals surface area contributed by atoms with Crippen LogP contribution in [0, 0.1) is 0 Å². The molecule has 0 saturated carbocycles. The molecule has 13 heavy (non-hydrogen) atoms. The highest BCUT2D eigenvalue weighted by Gasteiger charge is 2.02. The van der Waals surface area contributed by atoms with E-state index < -0.39 is 0 Å². The molecule has 0 radical (unpaired) electrons. The molecule has 0 aliphatic rings. The SMILES string of the molecule is Nc1c(Cl)cc(C=CCBr)cc1Cl. The molecule has 0 saturated heterocycles. The Morgan fingerprint density at radius 3 is 2.31 bits per heavy atom. The second-order valence-corrected chi connectivity index (χ2v) is 3.92. The fourth-order valence-corrected chi connectivity index (χ4v) is 1.57. The minimum atomic E-state index is 0.430. The molecule has 0 atom stereocenters. The van der Waals surface area contributed by atoms with Gasteiger partial charge in [-0.15, -0.1) is 0 Å². The molecule has 0 aliphatic carbocycles. The van der Waals surface area contributed by atoms with Crippen LogP contribution in [0.4, 0.5) is 5.69 Å². The molecule has 0 heterocycles. The molecular formula is C9H8BrCl2N. The molecule has 1 aromatic rings. The zero-order chi connectivity index (χ0) is 9.84. The van der Waals surface area contributed by atoms with Crippen molar-refractivity contribution in [3.63, 3.8) is 0 Å². The van der Waals surface area contributed by atoms with Crippen molar-refractivity contribution in [2.75, 3.05) is 11.1 Å². The van der Waals surface area contributed by atoms with Gasteiger partial charge in [0.25, 0.3) is 0 Å². The standard InChI is InChI=1S/C9H8BrCl2N/c10-3-1-2-6-4-7(11)9(13)8(12)5-6/h1-2,4-5H,3,13H2. The summed E-state index contributed by atoms with van der Waals surface area (Å²) in [6.07, 6.45) is 3.88. The van der Waals surface area contributed by atoms with Gasteiger partial charge in [0, 0.05) is 5.33 Å². The van der Waals surface area contributed by atoms with E-state index in [0.29, 0.717) is 15.7 Å². The number of allylic oxidation sites excluding steroid dienone is 1. The molecule has 0 unspecified atom stereocenters. The Labute approximate surface area is 95.7 Å². The van der Waals surface area contributed by atoms with Crippen LogP contribution in [0.25, 0.3) is 6.08 Å². The van der Waals surface area contributed by atoms with Gasteiger partial charge in [-0.3, -0.25) is 0 Å². The second kappa shape index (κ2) is 4.89. The van der Waals surface area contributed by atoms with Crippen molar-refractivity contribution in [2.24, 2.45) is 0 Å². The molecule has 0 amide bonds. The zero-order valence-electron chi connectivity index (χ0n) is 6.73. The third-order valence-electron chi connectivity index (χ3n) is 1.50. The van der Waals surface area contributed by atoms with Crippen molar-refractivity contribution in [2.45, 2.75) is 0 Å². The molecule has 0 aliphatic heterocycles. The number of alkyl halides is 1. The fourth-order valence-electron chi connectivity index (χ4n) is 0.881. The average molecular weight is 281 g/mol. The lowest BCUT2D eigenvalue weighted by molar-refractivity contribution is 1.63. The first-order valence-corrected chi connectivity index (χ1v) is 5.50. The van der Waals surface area contributed by atoms with Crippen LogP contribution in [0.5, 0.6) is 0 Å². The zero-order valence-corrected chi connectivity index (χ0v) is 9.83. The van der Waals surface area contributed by atoms with Crippen LogP contribution in [0.3, 0.4) is 0 Å². The molecule has 4 heteroatoms. The van der Waals surface area contributed by atoms with Gasteiger partial charge in [0.05, 0.1) is 15.7 Å². The highest BCUT2D eigenvalue weighted by molar-refractivity contribution is 9.09. The Bertz CT molecular complexity index is 313. The predicted molar refractivity (Wildman–Crippen MR) is 63.7 cm³/mol. The Balaban J connectivity index is 3.06. The van der Waals surface area contributed by atoms with Crippen LogP contribution in [-0.2, 0) is 0 Å². The van der Waals surface area contributed by atoms with E-state index in [1.165, 1.54) is 0 Å². The maximum Gasteiger partial charge on any atom is 0.0693 e. The van der Waals surface area contributed by atoms with Crippen LogP contribution >= 0.6 is 39.1 Å². The smallest absolute Gasteiger partial charge is 0.0693 e. The van der Waals surface area contributed by atoms with Crippen LogP contribution < -0.4 is 5.73 Å². The van der Waals surface area contributed by atoms with Crippen molar-refractivity contribution in [3.8, 4) is 0 Å². The molecule has 1 rings (SSSR count). The number of nitrogens with two attached hydrogens (primary N) is 1. The average Bonchev–Trinajstić information content (AvgIpc) is 2.10. The maximum atomic E-state index is 5.84. The van der Waals surface area contributed by atoms with Gasteiger partial charge in [-0.05, 0) is 17.7 Å². The summed E-state index contributed by atoms with van der Waals surface area (Å²) in [7, 11) is 0. The lowest BCUT2D eigenvalue weighted by atomic mass is 10.2. The number of anilines is 1. The first kappa shape index (κ1) is 10.9. The minimum absolute atomic E-state index is 0.430. The first-order valence-electron chi connectivity index (χ1n) is 3.62. The molecule has 0 bridgehead atoms. The van der Waals surface area contributed by atoms with Gasteiger partial charge in [0.15, 0.2) is 0 Å². The number of hydrogen-bond acceptors (Lipinski definition) is 1. The highest BCUT2D eigenvalue weighted by Crippen LogP contribution is 2.29. The van der Waals surface area contributed by atoms with Crippen LogP contribution in [0.15, 0.2) is 18.2 Å². The van der Waals surface area contributed by atoms with E-state index in [2.05, 4.69) is 15.9 Å². The largest absolute Gasteiger partial charge is 0.396 e. The summed E-state index contributed by atoms with van der Waals surface area (Å²) in [6, 6.07) is 3.56. The summed E-state index contributed by atoms with van der Waals surface area (Å²) < 4.78 is 0. The van der Waals surface area contributed by atoms with Crippen molar-refractivity contribution >= 4 is 50.9 Å². The van der Waals surface area contributed by atoms with Crippen molar-refractivity contribution in [1.29, 1.82) is 0 Å². The van der Waals surface area contributed by atoms with Crippen molar-refractivity contribution in [1.82, 2.24) is 0 Å². The van der Waals surface area contributed by atoms with Gasteiger partial charge in [0.1, 0.15) is 0 Å². The van der Waals surface area contributed by atoms with E-state index in [9.17, 15) is 0 Å². The van der Waals surface area contributed by atoms with E-state index >= 15 is 0 Å². The van der Waals surface area contributed by atoms with Crippen LogP contribution in [0.1, 0.15) is 5.56 Å². The lowest BCUT2D eigenvalue weighted by Gasteiger charge is -2.02. The van der Waals surface area contributed by atoms with E-state index in [-0.39, 0.29) is 0 Å². The third-order valence-corrected chi connectivity index (χ3v) is 2.50. The number of halogens is 3. The van der Waals surface area contributed by atoms with Crippen molar-refractivity contribution < 1.29 is 0 Å². The lowest BCUT2D eigenvalue weighted by Crippen LogP contribution is -1.88. The number of benzene rings is 1. The van der Waals surface area contributed by atoms with Gasteiger partial charge < -0.3 is 5.73 Å². The molecule has 1 nitrogen and oxygen atoms in total. The highest BCUT2D eigenvalue weighted by atomic mass is 79.9. The Morgan fingerprint density at radius 2 is 1.85 bits per heavy atom. The molecule has 70 valence electrons. The molecule has 0 aromatic heterocycles. The summed E-state index contributed by atoms with van der Waals surface area (Å²) in [5, 5.41) is 1.77. The molecule has 0 spiro atoms. The van der Waals surface area contributed by atoms with Gasteiger partial charge in [-0.25, -0.2) is 0 Å². The molecule has 0 fully saturated rings. The quantitative estimate of drug-likeness (QED) is 0.644. The van der Waals surface area contributed by atoms with Crippen LogP contribution in [-0.4, -0.2) is 5.33 Å². The molecule has 1 aromatic carbocycles. The van der Waals surface area contributed by atoms with E-state index in [0.717, 1.165) is 10.9 Å². The topological polar surface area (TPSA) is 26.0 Å². The van der Waals surface area contributed by atoms with E-state index in [1.807, 2.05) is 12.2 Å². The van der Waals surface area contributed by atoms with Gasteiger partial charge in [-0.2, -0.15) is 0 Å². The molecular weight excluding hydrogens is 273 g/mol. The fraction of sp³-hybridized carbons (Fsp3) is 0.111. The van der Waals surface area contributed by atoms with Gasteiger partial charge >= 0.3 is 0 Å². The Kier molecular flexibility index (Phi) is 4.10. The summed E-state index contributed by atoms with van der Waals surface area (Å²) in [5.41, 5.74) is 6.96. The van der Waals surface area contributed by atoms with E-state index in [4.69, 9.17) is 28.9 Å². The summed E-state index contributed by atoms with van der Waals surface area (Å²) in [4.78, 5) is 0. The van der Waals surface area contributed by atoms with Crippen LogP contribution in [0.2, 0.25) is 10.0 Å². The Hall–Kier alpha value is -0.180. The third kappa shape index (κ3) is 2.90.